The third kappa shape index (κ3) is 3.04. The topological polar surface area (TPSA) is 69.6 Å². The number of ether oxygens (including phenoxy) is 1. The Hall–Kier alpha value is -2.63. The van der Waals surface area contributed by atoms with Crippen LogP contribution < -0.4 is 0 Å². The van der Waals surface area contributed by atoms with Gasteiger partial charge >= 0.3 is 5.97 Å². The Kier molecular flexibility index (Phi) is 3.63. The molecular weight excluding hydrogens is 318 g/mol. The molecule has 0 N–H and O–H groups in total. The first-order chi connectivity index (χ1) is 11.9. The molecule has 0 aromatic carbocycles. The molecule has 1 fully saturated rings. The minimum Gasteiger partial charge on any atom is -0.451 e. The molecule has 0 radical (unpaired) electrons. The van der Waals surface area contributed by atoms with Crippen LogP contribution in [-0.2, 0) is 16.8 Å². The second kappa shape index (κ2) is 5.72. The molecule has 25 heavy (non-hydrogen) atoms. The Balaban J connectivity index is 1.54. The van der Waals surface area contributed by atoms with Crippen LogP contribution in [0.1, 0.15) is 67.5 Å². The van der Waals surface area contributed by atoms with Crippen LogP contribution in [0.25, 0.3) is 5.52 Å². The van der Waals surface area contributed by atoms with E-state index in [0.29, 0.717) is 17.5 Å². The lowest BCUT2D eigenvalue weighted by Gasteiger charge is -2.13. The predicted molar refractivity (Wildman–Crippen MR) is 91.5 cm³/mol. The van der Waals surface area contributed by atoms with E-state index >= 15 is 0 Å². The van der Waals surface area contributed by atoms with Gasteiger partial charge in [-0.15, -0.1) is 0 Å². The van der Waals surface area contributed by atoms with Crippen molar-refractivity contribution in [3.8, 4) is 0 Å². The summed E-state index contributed by atoms with van der Waals surface area (Å²) in [6, 6.07) is 5.73. The molecule has 6 heteroatoms. The molecule has 1 saturated carbocycles. The second-order valence-corrected chi connectivity index (χ2v) is 7.49. The summed E-state index contributed by atoms with van der Waals surface area (Å²) in [5, 5.41) is 0. The van der Waals surface area contributed by atoms with Gasteiger partial charge in [0.2, 0.25) is 5.89 Å². The molecule has 0 unspecified atom stereocenters. The molecule has 6 nitrogen and oxygen atoms in total. The van der Waals surface area contributed by atoms with E-state index in [-0.39, 0.29) is 12.0 Å². The highest BCUT2D eigenvalue weighted by molar-refractivity contribution is 5.95. The van der Waals surface area contributed by atoms with Crippen molar-refractivity contribution in [2.75, 3.05) is 0 Å². The number of hydrogen-bond acceptors (Lipinski definition) is 5. The van der Waals surface area contributed by atoms with Crippen LogP contribution in [0, 0.1) is 0 Å². The number of pyridine rings is 1. The highest BCUT2D eigenvalue weighted by atomic mass is 16.5. The number of carbonyl (C=O) groups excluding carboxylic acids is 1. The van der Waals surface area contributed by atoms with Gasteiger partial charge in [-0.3, -0.25) is 0 Å². The van der Waals surface area contributed by atoms with E-state index in [0.717, 1.165) is 29.9 Å². The highest BCUT2D eigenvalue weighted by Crippen LogP contribution is 2.40. The number of rotatable bonds is 4. The summed E-state index contributed by atoms with van der Waals surface area (Å²) in [5.74, 6) is 2.09. The third-order valence-corrected chi connectivity index (χ3v) is 4.33. The van der Waals surface area contributed by atoms with Crippen LogP contribution >= 0.6 is 0 Å². The van der Waals surface area contributed by atoms with Crippen molar-refractivity contribution in [2.45, 2.75) is 51.6 Å². The fraction of sp³-hybridized carbons (Fsp3) is 0.421. The Morgan fingerprint density at radius 2 is 2.16 bits per heavy atom. The van der Waals surface area contributed by atoms with E-state index in [1.807, 2.05) is 49.6 Å². The van der Waals surface area contributed by atoms with Crippen molar-refractivity contribution >= 4 is 11.5 Å². The quantitative estimate of drug-likeness (QED) is 0.675. The van der Waals surface area contributed by atoms with E-state index < -0.39 is 5.97 Å². The molecule has 0 spiro atoms. The number of oxazole rings is 1. The van der Waals surface area contributed by atoms with Crippen molar-refractivity contribution in [3.05, 3.63) is 53.8 Å². The lowest BCUT2D eigenvalue weighted by molar-refractivity contribution is 0.0431. The first-order valence-electron chi connectivity index (χ1n) is 8.53. The second-order valence-electron chi connectivity index (χ2n) is 7.49. The molecule has 0 amide bonds. The number of aromatic nitrogens is 3. The van der Waals surface area contributed by atoms with Gasteiger partial charge in [0, 0.05) is 17.5 Å². The van der Waals surface area contributed by atoms with Crippen molar-refractivity contribution in [1.82, 2.24) is 14.4 Å². The number of fused-ring (bicyclic) bond motifs is 1. The highest BCUT2D eigenvalue weighted by Gasteiger charge is 2.31. The van der Waals surface area contributed by atoms with Crippen molar-refractivity contribution < 1.29 is 13.9 Å². The maximum Gasteiger partial charge on any atom is 0.359 e. The number of hydrogen-bond donors (Lipinski definition) is 0. The molecule has 0 aliphatic heterocycles. The molecule has 3 aromatic heterocycles. The van der Waals surface area contributed by atoms with Gasteiger partial charge in [0.25, 0.3) is 0 Å². The third-order valence-electron chi connectivity index (χ3n) is 4.33. The Morgan fingerprint density at radius 1 is 1.36 bits per heavy atom. The van der Waals surface area contributed by atoms with E-state index in [1.165, 1.54) is 0 Å². The summed E-state index contributed by atoms with van der Waals surface area (Å²) >= 11 is 0. The normalized spacial score (nSPS) is 14.8. The van der Waals surface area contributed by atoms with Crippen LogP contribution in [0.4, 0.5) is 0 Å². The minimum atomic E-state index is -0.453. The van der Waals surface area contributed by atoms with Crippen molar-refractivity contribution in [3.63, 3.8) is 0 Å². The summed E-state index contributed by atoms with van der Waals surface area (Å²) in [7, 11) is 0. The molecular formula is C19H21N3O3. The molecule has 0 saturated heterocycles. The van der Waals surface area contributed by atoms with Gasteiger partial charge in [0.05, 0.1) is 11.7 Å². The van der Waals surface area contributed by atoms with E-state index in [9.17, 15) is 4.79 Å². The standard InChI is InChI=1S/C19H21N3O3/c1-19(2,3)14-10-20-15(25-14)11-24-18(23)16-13-6-4-5-9-22(13)17(21-16)12-7-8-12/h4-6,9-10,12H,7-8,11H2,1-3H3. The number of carbonyl (C=O) groups is 1. The molecule has 1 aliphatic carbocycles. The van der Waals surface area contributed by atoms with Crippen molar-refractivity contribution in [2.24, 2.45) is 0 Å². The zero-order valence-electron chi connectivity index (χ0n) is 14.7. The van der Waals surface area contributed by atoms with Crippen LogP contribution in [-0.4, -0.2) is 20.3 Å². The van der Waals surface area contributed by atoms with Crippen LogP contribution in [0.15, 0.2) is 35.0 Å². The van der Waals surface area contributed by atoms with Gasteiger partial charge in [0.1, 0.15) is 11.6 Å². The fourth-order valence-electron chi connectivity index (χ4n) is 2.76. The first-order valence-corrected chi connectivity index (χ1v) is 8.53. The Bertz CT molecular complexity index is 929. The van der Waals surface area contributed by atoms with Gasteiger partial charge in [0.15, 0.2) is 12.3 Å². The first kappa shape index (κ1) is 15.9. The summed E-state index contributed by atoms with van der Waals surface area (Å²) < 4.78 is 13.0. The average Bonchev–Trinajstić information content (AvgIpc) is 3.17. The van der Waals surface area contributed by atoms with Gasteiger partial charge in [-0.1, -0.05) is 26.8 Å². The molecule has 1 aliphatic rings. The van der Waals surface area contributed by atoms with Gasteiger partial charge in [-0.25, -0.2) is 14.8 Å². The fourth-order valence-corrected chi connectivity index (χ4v) is 2.76. The number of nitrogens with zero attached hydrogens (tertiary/aromatic N) is 3. The maximum absolute atomic E-state index is 12.5. The SMILES string of the molecule is CC(C)(C)c1cnc(COC(=O)c2nc(C3CC3)n3ccccc23)o1. The van der Waals surface area contributed by atoms with Gasteiger partial charge in [-0.2, -0.15) is 0 Å². The predicted octanol–water partition coefficient (Wildman–Crippen LogP) is 3.85. The average molecular weight is 339 g/mol. The summed E-state index contributed by atoms with van der Waals surface area (Å²) in [6.07, 6.45) is 5.86. The number of esters is 1. The van der Waals surface area contributed by atoms with Crippen LogP contribution in [0.3, 0.4) is 0 Å². The lowest BCUT2D eigenvalue weighted by Crippen LogP contribution is -2.09. The molecule has 3 aromatic rings. The molecule has 0 bridgehead atoms. The maximum atomic E-state index is 12.5. The smallest absolute Gasteiger partial charge is 0.359 e. The summed E-state index contributed by atoms with van der Waals surface area (Å²) in [6.45, 7) is 6.12. The monoisotopic (exact) mass is 339 g/mol. The van der Waals surface area contributed by atoms with E-state index in [1.54, 1.807) is 6.20 Å². The van der Waals surface area contributed by atoms with Crippen LogP contribution in [0.2, 0.25) is 0 Å². The van der Waals surface area contributed by atoms with Gasteiger partial charge < -0.3 is 13.6 Å². The molecule has 0 atom stereocenters. The number of imidazole rings is 1. The minimum absolute atomic E-state index is 0.000467. The zero-order chi connectivity index (χ0) is 17.6. The molecule has 3 heterocycles. The molecule has 4 rings (SSSR count). The van der Waals surface area contributed by atoms with E-state index in [4.69, 9.17) is 9.15 Å². The van der Waals surface area contributed by atoms with Crippen LogP contribution in [0.5, 0.6) is 0 Å². The Morgan fingerprint density at radius 3 is 2.84 bits per heavy atom. The molecule has 130 valence electrons. The Labute approximate surface area is 145 Å². The van der Waals surface area contributed by atoms with Gasteiger partial charge in [-0.05, 0) is 25.0 Å². The lowest BCUT2D eigenvalue weighted by atomic mass is 9.94. The van der Waals surface area contributed by atoms with E-state index in [2.05, 4.69) is 9.97 Å². The summed E-state index contributed by atoms with van der Waals surface area (Å²) in [4.78, 5) is 21.3. The zero-order valence-corrected chi connectivity index (χ0v) is 14.7. The summed E-state index contributed by atoms with van der Waals surface area (Å²) in [5.41, 5.74) is 0.997. The largest absolute Gasteiger partial charge is 0.451 e. The van der Waals surface area contributed by atoms with Crippen molar-refractivity contribution in [1.29, 1.82) is 0 Å².